The molecule has 1 aromatic rings. The van der Waals surface area contributed by atoms with Gasteiger partial charge >= 0.3 is 0 Å². The summed E-state index contributed by atoms with van der Waals surface area (Å²) in [5.74, 6) is -0.0899. The lowest BCUT2D eigenvalue weighted by atomic mass is 10.3. The van der Waals surface area contributed by atoms with Crippen molar-refractivity contribution in [2.45, 2.75) is 23.2 Å². The van der Waals surface area contributed by atoms with E-state index in [0.717, 1.165) is 4.47 Å². The Hall–Kier alpha value is -0.560. The number of benzene rings is 1. The molecule has 1 N–H and O–H groups in total. The summed E-state index contributed by atoms with van der Waals surface area (Å²) in [6, 6.07) is 8.15. The maximum atomic E-state index is 11.9. The number of hydrogen-bond donors (Lipinski definition) is 1. The molecule has 1 aliphatic rings. The molecule has 0 unspecified atom stereocenters. The van der Waals surface area contributed by atoms with Crippen molar-refractivity contribution in [3.05, 3.63) is 28.7 Å². The van der Waals surface area contributed by atoms with E-state index < -0.39 is 6.10 Å². The van der Waals surface area contributed by atoms with Gasteiger partial charge in [0, 0.05) is 21.2 Å². The predicted octanol–water partition coefficient (Wildman–Crippen LogP) is 2.46. The van der Waals surface area contributed by atoms with Crippen molar-refractivity contribution in [1.29, 1.82) is 0 Å². The second kappa shape index (κ2) is 8.02. The second-order valence-corrected chi connectivity index (χ2v) is 6.99. The Morgan fingerprint density at radius 1 is 1.45 bits per heavy atom. The largest absolute Gasteiger partial charge is 0.376 e. The molecular weight excluding hydrogens is 342 g/mol. The molecular formula is C14H18BrNO3S. The van der Waals surface area contributed by atoms with E-state index in [1.165, 1.54) is 4.90 Å². The lowest BCUT2D eigenvalue weighted by molar-refractivity contribution is -0.147. The number of thioether (sulfide) groups is 1. The van der Waals surface area contributed by atoms with Crippen LogP contribution in [0.4, 0.5) is 0 Å². The predicted molar refractivity (Wildman–Crippen MR) is 83.0 cm³/mol. The fraction of sp³-hybridized carbons (Fsp3) is 0.500. The topological polar surface area (TPSA) is 47.6 Å². The minimum absolute atomic E-state index is 0.0899. The SMILES string of the molecule is C[C@@H](CNC(=O)[C@@H]1COCCO1)Sc1ccc(Br)cc1. The van der Waals surface area contributed by atoms with E-state index >= 15 is 0 Å². The van der Waals surface area contributed by atoms with Crippen molar-refractivity contribution in [3.63, 3.8) is 0 Å². The summed E-state index contributed by atoms with van der Waals surface area (Å²) in [5, 5.41) is 3.21. The first-order valence-corrected chi connectivity index (χ1v) is 8.21. The Labute approximate surface area is 131 Å². The van der Waals surface area contributed by atoms with Crippen molar-refractivity contribution in [2.24, 2.45) is 0 Å². The highest BCUT2D eigenvalue weighted by Crippen LogP contribution is 2.24. The van der Waals surface area contributed by atoms with Gasteiger partial charge < -0.3 is 14.8 Å². The van der Waals surface area contributed by atoms with Crippen molar-refractivity contribution in [1.82, 2.24) is 5.32 Å². The Morgan fingerprint density at radius 3 is 2.85 bits per heavy atom. The number of rotatable bonds is 5. The molecule has 2 rings (SSSR count). The fourth-order valence-corrected chi connectivity index (χ4v) is 2.97. The summed E-state index contributed by atoms with van der Waals surface area (Å²) >= 11 is 5.15. The third kappa shape index (κ3) is 5.09. The van der Waals surface area contributed by atoms with Crippen LogP contribution in [-0.4, -0.2) is 43.6 Å². The highest BCUT2D eigenvalue weighted by Gasteiger charge is 2.22. The third-order valence-corrected chi connectivity index (χ3v) is 4.47. The third-order valence-electron chi connectivity index (χ3n) is 2.82. The summed E-state index contributed by atoms with van der Waals surface area (Å²) in [7, 11) is 0. The molecule has 0 bridgehead atoms. The molecule has 20 heavy (non-hydrogen) atoms. The Balaban J connectivity index is 1.72. The molecule has 0 aliphatic carbocycles. The Morgan fingerprint density at radius 2 is 2.20 bits per heavy atom. The van der Waals surface area contributed by atoms with Crippen LogP contribution in [0.25, 0.3) is 0 Å². The summed E-state index contributed by atoms with van der Waals surface area (Å²) in [6.45, 7) is 4.10. The zero-order chi connectivity index (χ0) is 14.4. The average molecular weight is 360 g/mol. The number of carbonyl (C=O) groups excluding carboxylic acids is 1. The van der Waals surface area contributed by atoms with Gasteiger partial charge in [0.15, 0.2) is 6.10 Å². The number of halogens is 1. The normalized spacial score (nSPS) is 20.4. The van der Waals surface area contributed by atoms with E-state index in [0.29, 0.717) is 31.6 Å². The maximum Gasteiger partial charge on any atom is 0.251 e. The van der Waals surface area contributed by atoms with E-state index in [2.05, 4.69) is 40.3 Å². The van der Waals surface area contributed by atoms with Crippen LogP contribution in [0, 0.1) is 0 Å². The zero-order valence-corrected chi connectivity index (χ0v) is 13.7. The van der Waals surface area contributed by atoms with Gasteiger partial charge in [0.2, 0.25) is 0 Å². The molecule has 1 aliphatic heterocycles. The lowest BCUT2D eigenvalue weighted by Gasteiger charge is -2.22. The van der Waals surface area contributed by atoms with Crippen LogP contribution in [0.2, 0.25) is 0 Å². The quantitative estimate of drug-likeness (QED) is 0.820. The molecule has 110 valence electrons. The molecule has 0 aromatic heterocycles. The maximum absolute atomic E-state index is 11.9. The lowest BCUT2D eigenvalue weighted by Crippen LogP contribution is -2.44. The van der Waals surface area contributed by atoms with Gasteiger partial charge in [-0.2, -0.15) is 0 Å². The molecule has 1 amide bonds. The van der Waals surface area contributed by atoms with Gasteiger partial charge in [-0.05, 0) is 24.3 Å². The number of carbonyl (C=O) groups is 1. The summed E-state index contributed by atoms with van der Waals surface area (Å²) < 4.78 is 11.6. The van der Waals surface area contributed by atoms with E-state index in [9.17, 15) is 4.79 Å². The molecule has 0 saturated carbocycles. The number of amides is 1. The fourth-order valence-electron chi connectivity index (χ4n) is 1.78. The Bertz CT molecular complexity index is 435. The van der Waals surface area contributed by atoms with Crippen LogP contribution in [0.3, 0.4) is 0 Å². The average Bonchev–Trinajstić information content (AvgIpc) is 2.48. The molecule has 0 spiro atoms. The minimum Gasteiger partial charge on any atom is -0.376 e. The van der Waals surface area contributed by atoms with Crippen LogP contribution in [0.15, 0.2) is 33.6 Å². The van der Waals surface area contributed by atoms with Gasteiger partial charge in [0.25, 0.3) is 5.91 Å². The molecule has 1 fully saturated rings. The molecule has 1 heterocycles. The van der Waals surface area contributed by atoms with E-state index in [4.69, 9.17) is 9.47 Å². The molecule has 2 atom stereocenters. The first kappa shape index (κ1) is 15.8. The van der Waals surface area contributed by atoms with E-state index in [1.54, 1.807) is 11.8 Å². The monoisotopic (exact) mass is 359 g/mol. The van der Waals surface area contributed by atoms with Crippen LogP contribution >= 0.6 is 27.7 Å². The van der Waals surface area contributed by atoms with Crippen LogP contribution in [0.5, 0.6) is 0 Å². The van der Waals surface area contributed by atoms with Crippen molar-refractivity contribution in [3.8, 4) is 0 Å². The highest BCUT2D eigenvalue weighted by atomic mass is 79.9. The summed E-state index contributed by atoms with van der Waals surface area (Å²) in [6.07, 6.45) is -0.464. The minimum atomic E-state index is -0.464. The molecule has 4 nitrogen and oxygen atoms in total. The van der Waals surface area contributed by atoms with Crippen LogP contribution in [-0.2, 0) is 14.3 Å². The van der Waals surface area contributed by atoms with Gasteiger partial charge in [-0.15, -0.1) is 11.8 Å². The first-order chi connectivity index (χ1) is 9.65. The van der Waals surface area contributed by atoms with E-state index in [-0.39, 0.29) is 5.91 Å². The van der Waals surface area contributed by atoms with Gasteiger partial charge in [-0.3, -0.25) is 4.79 Å². The van der Waals surface area contributed by atoms with Gasteiger partial charge in [-0.1, -0.05) is 22.9 Å². The second-order valence-electron chi connectivity index (χ2n) is 4.56. The summed E-state index contributed by atoms with van der Waals surface area (Å²) in [5.41, 5.74) is 0. The number of nitrogens with one attached hydrogen (secondary N) is 1. The Kier molecular flexibility index (Phi) is 6.35. The first-order valence-electron chi connectivity index (χ1n) is 6.54. The number of ether oxygens (including phenoxy) is 2. The van der Waals surface area contributed by atoms with Crippen molar-refractivity contribution >= 4 is 33.6 Å². The number of hydrogen-bond acceptors (Lipinski definition) is 4. The molecule has 0 radical (unpaired) electrons. The standard InChI is InChI=1S/C14H18BrNO3S/c1-10(20-12-4-2-11(15)3-5-12)8-16-14(17)13-9-18-6-7-19-13/h2-5,10,13H,6-9H2,1H3,(H,16,17)/t10-,13-/m0/s1. The van der Waals surface area contributed by atoms with Gasteiger partial charge in [-0.25, -0.2) is 0 Å². The van der Waals surface area contributed by atoms with Crippen LogP contribution < -0.4 is 5.32 Å². The van der Waals surface area contributed by atoms with Crippen molar-refractivity contribution in [2.75, 3.05) is 26.4 Å². The highest BCUT2D eigenvalue weighted by molar-refractivity contribution is 9.10. The molecule has 1 aromatic carbocycles. The van der Waals surface area contributed by atoms with Crippen LogP contribution in [0.1, 0.15) is 6.92 Å². The van der Waals surface area contributed by atoms with Crippen molar-refractivity contribution < 1.29 is 14.3 Å². The van der Waals surface area contributed by atoms with Gasteiger partial charge in [0.05, 0.1) is 19.8 Å². The zero-order valence-electron chi connectivity index (χ0n) is 11.3. The molecule has 6 heteroatoms. The molecule has 1 saturated heterocycles. The smallest absolute Gasteiger partial charge is 0.251 e. The summed E-state index contributed by atoms with van der Waals surface area (Å²) in [4.78, 5) is 13.1. The van der Waals surface area contributed by atoms with E-state index in [1.807, 2.05) is 12.1 Å². The van der Waals surface area contributed by atoms with Gasteiger partial charge in [0.1, 0.15) is 0 Å².